The van der Waals surface area contributed by atoms with Crippen molar-refractivity contribution < 1.29 is 22.5 Å². The first-order valence-corrected chi connectivity index (χ1v) is 10.6. The number of carbonyl (C=O) groups is 1. The van der Waals surface area contributed by atoms with Crippen molar-refractivity contribution >= 4 is 21.7 Å². The molecule has 1 aromatic carbocycles. The van der Waals surface area contributed by atoms with Gasteiger partial charge in [0.1, 0.15) is 0 Å². The van der Waals surface area contributed by atoms with Gasteiger partial charge in [0, 0.05) is 33.3 Å². The van der Waals surface area contributed by atoms with Crippen LogP contribution in [0.3, 0.4) is 0 Å². The zero-order chi connectivity index (χ0) is 20.3. The maximum Gasteiger partial charge on any atom is 0.340 e. The largest absolute Gasteiger partial charge is 0.454 e. The number of piperidine rings is 1. The number of anilines is 1. The highest BCUT2D eigenvalue weighted by Gasteiger charge is 2.25. The molecule has 8 nitrogen and oxygen atoms in total. The van der Waals surface area contributed by atoms with Gasteiger partial charge in [0.2, 0.25) is 10.0 Å². The molecule has 0 amide bonds. The van der Waals surface area contributed by atoms with E-state index in [1.54, 1.807) is 19.1 Å². The second-order valence-electron chi connectivity index (χ2n) is 7.02. The number of benzene rings is 1. The van der Waals surface area contributed by atoms with E-state index in [0.29, 0.717) is 17.1 Å². The van der Waals surface area contributed by atoms with Crippen LogP contribution in [0.5, 0.6) is 0 Å². The fourth-order valence-electron chi connectivity index (χ4n) is 3.16. The minimum atomic E-state index is -3.67. The van der Waals surface area contributed by atoms with Gasteiger partial charge in [-0.05, 0) is 44.4 Å². The van der Waals surface area contributed by atoms with E-state index in [0.717, 1.165) is 36.7 Å². The highest BCUT2D eigenvalue weighted by Crippen LogP contribution is 2.28. The van der Waals surface area contributed by atoms with Gasteiger partial charge >= 0.3 is 5.97 Å². The van der Waals surface area contributed by atoms with Crippen LogP contribution >= 0.6 is 0 Å². The summed E-state index contributed by atoms with van der Waals surface area (Å²) in [5.41, 5.74) is 1.62. The molecule has 0 spiro atoms. The molecule has 2 heterocycles. The molecule has 1 saturated heterocycles. The van der Waals surface area contributed by atoms with Crippen LogP contribution < -0.4 is 4.90 Å². The van der Waals surface area contributed by atoms with Gasteiger partial charge in [0.05, 0.1) is 21.8 Å². The number of rotatable bonds is 6. The Kier molecular flexibility index (Phi) is 6.04. The van der Waals surface area contributed by atoms with Gasteiger partial charge < -0.3 is 14.2 Å². The van der Waals surface area contributed by atoms with Crippen molar-refractivity contribution in [3.05, 3.63) is 41.3 Å². The number of hydrogen-bond donors (Lipinski definition) is 0. The highest BCUT2D eigenvalue weighted by molar-refractivity contribution is 7.89. The van der Waals surface area contributed by atoms with Crippen molar-refractivity contribution in [3.63, 3.8) is 0 Å². The number of sulfonamides is 1. The molecule has 1 fully saturated rings. The average molecular weight is 407 g/mol. The lowest BCUT2D eigenvalue weighted by Crippen LogP contribution is -2.31. The number of carbonyl (C=O) groups excluding carboxylic acids is 1. The second-order valence-corrected chi connectivity index (χ2v) is 9.18. The first kappa shape index (κ1) is 20.3. The van der Waals surface area contributed by atoms with Crippen LogP contribution in [0.4, 0.5) is 5.69 Å². The highest BCUT2D eigenvalue weighted by atomic mass is 32.2. The third-order valence-electron chi connectivity index (χ3n) is 4.69. The van der Waals surface area contributed by atoms with E-state index in [1.807, 2.05) is 0 Å². The number of hydrogen-bond acceptors (Lipinski definition) is 7. The Labute approximate surface area is 165 Å². The fourth-order valence-corrected chi connectivity index (χ4v) is 4.09. The van der Waals surface area contributed by atoms with Crippen molar-refractivity contribution in [2.75, 3.05) is 32.1 Å². The molecule has 0 atom stereocenters. The Morgan fingerprint density at radius 2 is 1.93 bits per heavy atom. The van der Waals surface area contributed by atoms with E-state index < -0.39 is 16.0 Å². The third-order valence-corrected chi connectivity index (χ3v) is 6.50. The SMILES string of the molecule is Cc1cc(COC(=O)c2cc(S(=O)(=O)N(C)C)ccc2N2CCCCC2)on1. The smallest absolute Gasteiger partial charge is 0.340 e. The van der Waals surface area contributed by atoms with Gasteiger partial charge in [0.15, 0.2) is 12.4 Å². The number of esters is 1. The summed E-state index contributed by atoms with van der Waals surface area (Å²) in [5, 5.41) is 3.76. The monoisotopic (exact) mass is 407 g/mol. The first-order valence-electron chi connectivity index (χ1n) is 9.20. The molecule has 0 aliphatic carbocycles. The molecule has 2 aromatic rings. The molecule has 3 rings (SSSR count). The lowest BCUT2D eigenvalue weighted by Gasteiger charge is -2.30. The topological polar surface area (TPSA) is 93.0 Å². The summed E-state index contributed by atoms with van der Waals surface area (Å²) >= 11 is 0. The molecule has 0 radical (unpaired) electrons. The van der Waals surface area contributed by atoms with Crippen molar-refractivity contribution in [1.82, 2.24) is 9.46 Å². The van der Waals surface area contributed by atoms with Crippen LogP contribution in [0.1, 0.15) is 41.1 Å². The predicted octanol–water partition coefficient (Wildman–Crippen LogP) is 2.58. The molecule has 0 unspecified atom stereocenters. The summed E-state index contributed by atoms with van der Waals surface area (Å²) in [6, 6.07) is 6.31. The third kappa shape index (κ3) is 4.36. The standard InChI is InChI=1S/C19H25N3O5S/c1-14-11-15(27-20-14)13-26-19(23)17-12-16(28(24,25)21(2)3)7-8-18(17)22-9-5-4-6-10-22/h7-8,11-12H,4-6,9-10,13H2,1-3H3. The van der Waals surface area contributed by atoms with Crippen molar-refractivity contribution in [3.8, 4) is 0 Å². The van der Waals surface area contributed by atoms with E-state index in [1.165, 1.54) is 26.2 Å². The summed E-state index contributed by atoms with van der Waals surface area (Å²) in [6.45, 7) is 3.35. The molecule has 1 aliphatic rings. The zero-order valence-electron chi connectivity index (χ0n) is 16.3. The summed E-state index contributed by atoms with van der Waals surface area (Å²) in [7, 11) is -0.753. The Balaban J connectivity index is 1.92. The Hall–Kier alpha value is -2.39. The second kappa shape index (κ2) is 8.32. The van der Waals surface area contributed by atoms with E-state index in [4.69, 9.17) is 9.26 Å². The normalized spacial score (nSPS) is 15.1. The van der Waals surface area contributed by atoms with Gasteiger partial charge in [0.25, 0.3) is 0 Å². The maximum absolute atomic E-state index is 12.8. The molecule has 0 saturated carbocycles. The number of ether oxygens (including phenoxy) is 1. The first-order chi connectivity index (χ1) is 13.3. The predicted molar refractivity (Wildman–Crippen MR) is 104 cm³/mol. The molecular formula is C19H25N3O5S. The van der Waals surface area contributed by atoms with Gasteiger partial charge in [-0.15, -0.1) is 0 Å². The van der Waals surface area contributed by atoms with Crippen molar-refractivity contribution in [2.24, 2.45) is 0 Å². The molecule has 152 valence electrons. The summed E-state index contributed by atoms with van der Waals surface area (Å²) in [6.07, 6.45) is 3.21. The molecule has 0 bridgehead atoms. The van der Waals surface area contributed by atoms with E-state index in [-0.39, 0.29) is 17.1 Å². The zero-order valence-corrected chi connectivity index (χ0v) is 17.2. The summed E-state index contributed by atoms with van der Waals surface area (Å²) in [4.78, 5) is 15.0. The van der Waals surface area contributed by atoms with Gasteiger partial charge in [-0.1, -0.05) is 5.16 Å². The molecule has 9 heteroatoms. The molecule has 28 heavy (non-hydrogen) atoms. The fraction of sp³-hybridized carbons (Fsp3) is 0.474. The number of nitrogens with zero attached hydrogens (tertiary/aromatic N) is 3. The van der Waals surface area contributed by atoms with Gasteiger partial charge in [-0.25, -0.2) is 17.5 Å². The van der Waals surface area contributed by atoms with Crippen LogP contribution in [-0.2, 0) is 21.4 Å². The molecular weight excluding hydrogens is 382 g/mol. The Bertz CT molecular complexity index is 946. The number of aromatic nitrogens is 1. The number of aryl methyl sites for hydroxylation is 1. The average Bonchev–Trinajstić information content (AvgIpc) is 3.11. The van der Waals surface area contributed by atoms with Crippen LogP contribution in [0.2, 0.25) is 0 Å². The van der Waals surface area contributed by atoms with Crippen molar-refractivity contribution in [1.29, 1.82) is 0 Å². The maximum atomic E-state index is 12.8. The van der Waals surface area contributed by atoms with Crippen molar-refractivity contribution in [2.45, 2.75) is 37.7 Å². The molecule has 0 N–H and O–H groups in total. The van der Waals surface area contributed by atoms with Gasteiger partial charge in [-0.3, -0.25) is 0 Å². The lowest BCUT2D eigenvalue weighted by molar-refractivity contribution is 0.0437. The van der Waals surface area contributed by atoms with Crippen LogP contribution in [0.25, 0.3) is 0 Å². The minimum Gasteiger partial charge on any atom is -0.454 e. The van der Waals surface area contributed by atoms with E-state index in [9.17, 15) is 13.2 Å². The minimum absolute atomic E-state index is 0.0562. The molecule has 1 aromatic heterocycles. The summed E-state index contributed by atoms with van der Waals surface area (Å²) in [5.74, 6) is -0.159. The van der Waals surface area contributed by atoms with Crippen LogP contribution in [0, 0.1) is 6.92 Å². The quantitative estimate of drug-likeness (QED) is 0.680. The van der Waals surface area contributed by atoms with E-state index in [2.05, 4.69) is 10.1 Å². The Morgan fingerprint density at radius 3 is 2.54 bits per heavy atom. The van der Waals surface area contributed by atoms with E-state index >= 15 is 0 Å². The van der Waals surface area contributed by atoms with Crippen LogP contribution in [0.15, 0.2) is 33.7 Å². The Morgan fingerprint density at radius 1 is 1.21 bits per heavy atom. The molecule has 1 aliphatic heterocycles. The lowest BCUT2D eigenvalue weighted by atomic mass is 10.1. The summed E-state index contributed by atoms with van der Waals surface area (Å²) < 4.78 is 36.6. The van der Waals surface area contributed by atoms with Gasteiger partial charge in [-0.2, -0.15) is 0 Å². The van der Waals surface area contributed by atoms with Crippen LogP contribution in [-0.4, -0.2) is 51.0 Å².